The predicted octanol–water partition coefficient (Wildman–Crippen LogP) is 3.00. The van der Waals surface area contributed by atoms with Crippen LogP contribution in [0.4, 0.5) is 5.82 Å². The van der Waals surface area contributed by atoms with Gasteiger partial charge >= 0.3 is 0 Å². The molecule has 3 aromatic rings. The zero-order chi connectivity index (χ0) is 25.2. The van der Waals surface area contributed by atoms with Gasteiger partial charge in [0.25, 0.3) is 0 Å². The van der Waals surface area contributed by atoms with Crippen molar-refractivity contribution in [2.45, 2.75) is 38.8 Å². The van der Waals surface area contributed by atoms with E-state index >= 15 is 0 Å². The van der Waals surface area contributed by atoms with E-state index < -0.39 is 11.9 Å². The third-order valence-electron chi connectivity index (χ3n) is 7.30. The van der Waals surface area contributed by atoms with E-state index in [1.54, 1.807) is 0 Å². The average Bonchev–Trinajstić information content (AvgIpc) is 3.68. The molecule has 2 amide bonds. The smallest absolute Gasteiger partial charge is 0.240 e. The monoisotopic (exact) mass is 486 g/mol. The van der Waals surface area contributed by atoms with E-state index in [1.807, 2.05) is 61.2 Å². The number of anilines is 1. The van der Waals surface area contributed by atoms with Crippen molar-refractivity contribution in [2.75, 3.05) is 31.5 Å². The van der Waals surface area contributed by atoms with Crippen LogP contribution in [0.1, 0.15) is 37.6 Å². The van der Waals surface area contributed by atoms with Crippen LogP contribution in [0.25, 0.3) is 10.9 Å². The van der Waals surface area contributed by atoms with Crippen LogP contribution in [0.5, 0.6) is 0 Å². The normalized spacial score (nSPS) is 20.9. The second-order valence-corrected chi connectivity index (χ2v) is 10.2. The lowest BCUT2D eigenvalue weighted by molar-refractivity contribution is -0.134. The molecule has 1 aliphatic heterocycles. The third kappa shape index (κ3) is 5.18. The molecule has 3 N–H and O–H groups in total. The lowest BCUT2D eigenvalue weighted by atomic mass is 10.0. The fourth-order valence-corrected chi connectivity index (χ4v) is 5.12. The average molecular weight is 487 g/mol. The number of nitrogens with zero attached hydrogens (tertiary/aromatic N) is 4. The lowest BCUT2D eigenvalue weighted by Crippen LogP contribution is -2.49. The molecule has 188 valence electrons. The molecule has 1 unspecified atom stereocenters. The maximum absolute atomic E-state index is 13.0. The minimum Gasteiger partial charge on any atom is -0.368 e. The number of carbonyl (C=O) groups is 2. The summed E-state index contributed by atoms with van der Waals surface area (Å²) in [5, 5.41) is 4.12. The number of fused-ring (bicyclic) bond motifs is 1. The zero-order valence-electron chi connectivity index (χ0n) is 20.9. The van der Waals surface area contributed by atoms with Crippen LogP contribution in [0, 0.1) is 11.8 Å². The number of nitrogens with two attached hydrogens (primary N) is 1. The van der Waals surface area contributed by atoms with Crippen LogP contribution in [0.15, 0.2) is 54.6 Å². The molecule has 0 spiro atoms. The van der Waals surface area contributed by atoms with Crippen molar-refractivity contribution in [3.05, 3.63) is 66.0 Å². The molecule has 5 rings (SSSR count). The molecule has 2 fully saturated rings. The van der Waals surface area contributed by atoms with Crippen molar-refractivity contribution >= 4 is 28.5 Å². The Morgan fingerprint density at radius 2 is 1.69 bits per heavy atom. The molecule has 1 saturated heterocycles. The molecule has 1 saturated carbocycles. The van der Waals surface area contributed by atoms with Crippen LogP contribution < -0.4 is 11.1 Å². The van der Waals surface area contributed by atoms with E-state index in [4.69, 9.17) is 15.7 Å². The fraction of sp³-hybridized carbons (Fsp3) is 0.429. The molecular weight excluding hydrogens is 452 g/mol. The van der Waals surface area contributed by atoms with E-state index in [-0.39, 0.29) is 17.7 Å². The van der Waals surface area contributed by atoms with Gasteiger partial charge in [0, 0.05) is 37.5 Å². The van der Waals surface area contributed by atoms with Crippen molar-refractivity contribution in [3.63, 3.8) is 0 Å². The second-order valence-electron chi connectivity index (χ2n) is 10.2. The number of para-hydroxylation sites is 1. The Balaban J connectivity index is 1.23. The second kappa shape index (κ2) is 10.2. The molecule has 2 aromatic carbocycles. The Morgan fingerprint density at radius 1 is 1.00 bits per heavy atom. The molecule has 8 heteroatoms. The highest BCUT2D eigenvalue weighted by Crippen LogP contribution is 2.48. The Bertz CT molecular complexity index is 1240. The number of primary amides is 1. The van der Waals surface area contributed by atoms with Crippen LogP contribution in [-0.4, -0.2) is 63.8 Å². The molecule has 3 atom stereocenters. The molecule has 1 aromatic heterocycles. The molecule has 0 bridgehead atoms. The first-order valence-corrected chi connectivity index (χ1v) is 12.8. The number of nitrogens with one attached hydrogen (secondary N) is 1. The predicted molar refractivity (Wildman–Crippen MR) is 140 cm³/mol. The lowest BCUT2D eigenvalue weighted by Gasteiger charge is -2.34. The van der Waals surface area contributed by atoms with Gasteiger partial charge in [-0.15, -0.1) is 0 Å². The number of amides is 2. The summed E-state index contributed by atoms with van der Waals surface area (Å²) in [6.07, 6.45) is 0.951. The summed E-state index contributed by atoms with van der Waals surface area (Å²) in [6.45, 7) is 7.49. The van der Waals surface area contributed by atoms with Gasteiger partial charge in [-0.3, -0.25) is 14.5 Å². The minimum absolute atomic E-state index is 0.0262. The first-order valence-electron chi connectivity index (χ1n) is 12.8. The molecule has 2 aliphatic rings. The van der Waals surface area contributed by atoms with Crippen molar-refractivity contribution < 1.29 is 9.59 Å². The Hall–Kier alpha value is -3.52. The summed E-state index contributed by atoms with van der Waals surface area (Å²) in [6, 6.07) is 17.6. The van der Waals surface area contributed by atoms with E-state index in [0.717, 1.165) is 30.4 Å². The van der Waals surface area contributed by atoms with Gasteiger partial charge in [0.05, 0.1) is 12.1 Å². The number of benzene rings is 2. The molecule has 0 radical (unpaired) electrons. The molecule has 1 aliphatic carbocycles. The van der Waals surface area contributed by atoms with Crippen molar-refractivity contribution in [1.29, 1.82) is 0 Å². The van der Waals surface area contributed by atoms with Crippen molar-refractivity contribution in [1.82, 2.24) is 19.8 Å². The van der Waals surface area contributed by atoms with E-state index in [0.29, 0.717) is 37.2 Å². The van der Waals surface area contributed by atoms with Gasteiger partial charge in [0.1, 0.15) is 17.7 Å². The molecule has 36 heavy (non-hydrogen) atoms. The van der Waals surface area contributed by atoms with E-state index in [1.165, 1.54) is 5.56 Å². The van der Waals surface area contributed by atoms with Gasteiger partial charge in [0.2, 0.25) is 11.8 Å². The first-order chi connectivity index (χ1) is 17.4. The molecular formula is C28H34N6O2. The number of aromatic nitrogens is 2. The number of rotatable bonds is 8. The summed E-state index contributed by atoms with van der Waals surface area (Å²) in [5.41, 5.74) is 7.73. The number of carbonyl (C=O) groups excluding carboxylic acids is 2. The first kappa shape index (κ1) is 24.2. The van der Waals surface area contributed by atoms with Gasteiger partial charge in [-0.25, -0.2) is 9.97 Å². The fourth-order valence-electron chi connectivity index (χ4n) is 5.12. The summed E-state index contributed by atoms with van der Waals surface area (Å²) >= 11 is 0. The van der Waals surface area contributed by atoms with Crippen LogP contribution in [0.3, 0.4) is 0 Å². The Kier molecular flexibility index (Phi) is 6.87. The highest BCUT2D eigenvalue weighted by molar-refractivity contribution is 5.92. The SMILES string of the molecule is CC(C)[C@H](Nc1nc(CN2CCN(C(=O)C3C[C@H]3c3ccccc3)CC2)nc2ccccc12)C(N)=O. The largest absolute Gasteiger partial charge is 0.368 e. The minimum atomic E-state index is -0.521. The Labute approximate surface area is 211 Å². The highest BCUT2D eigenvalue weighted by atomic mass is 16.2. The van der Waals surface area contributed by atoms with Gasteiger partial charge in [0.15, 0.2) is 0 Å². The summed E-state index contributed by atoms with van der Waals surface area (Å²) in [7, 11) is 0. The van der Waals surface area contributed by atoms with Crippen molar-refractivity contribution in [2.24, 2.45) is 17.6 Å². The van der Waals surface area contributed by atoms with Gasteiger partial charge in [-0.1, -0.05) is 56.3 Å². The van der Waals surface area contributed by atoms with Gasteiger partial charge < -0.3 is 16.0 Å². The maximum Gasteiger partial charge on any atom is 0.240 e. The van der Waals surface area contributed by atoms with E-state index in [2.05, 4.69) is 22.3 Å². The highest BCUT2D eigenvalue weighted by Gasteiger charge is 2.46. The quantitative estimate of drug-likeness (QED) is 0.507. The summed E-state index contributed by atoms with van der Waals surface area (Å²) in [4.78, 5) is 38.9. The number of hydrogen-bond donors (Lipinski definition) is 2. The van der Waals surface area contributed by atoms with Crippen molar-refractivity contribution in [3.8, 4) is 0 Å². The maximum atomic E-state index is 13.0. The number of hydrogen-bond acceptors (Lipinski definition) is 6. The van der Waals surface area contributed by atoms with Crippen LogP contribution in [-0.2, 0) is 16.1 Å². The standard InChI is InChI=1S/C28H34N6O2/c1-18(2)25(26(29)35)32-27-20-10-6-7-11-23(20)30-24(31-27)17-33-12-14-34(15-13-33)28(36)22-16-21(22)19-8-4-3-5-9-19/h3-11,18,21-22,25H,12-17H2,1-2H3,(H2,29,35)(H,30,31,32)/t21-,22?,25-/m0/s1. The topological polar surface area (TPSA) is 104 Å². The third-order valence-corrected chi connectivity index (χ3v) is 7.30. The summed E-state index contributed by atoms with van der Waals surface area (Å²) < 4.78 is 0. The molecule has 2 heterocycles. The van der Waals surface area contributed by atoms with Crippen LogP contribution in [0.2, 0.25) is 0 Å². The van der Waals surface area contributed by atoms with E-state index in [9.17, 15) is 9.59 Å². The Morgan fingerprint density at radius 3 is 2.39 bits per heavy atom. The number of piperazine rings is 1. The summed E-state index contributed by atoms with van der Waals surface area (Å²) in [5.74, 6) is 1.71. The molecule has 8 nitrogen and oxygen atoms in total. The zero-order valence-corrected chi connectivity index (χ0v) is 20.9. The van der Waals surface area contributed by atoms with Crippen LogP contribution >= 0.6 is 0 Å². The van der Waals surface area contributed by atoms with Gasteiger partial charge in [-0.05, 0) is 36.0 Å². The van der Waals surface area contributed by atoms with Gasteiger partial charge in [-0.2, -0.15) is 0 Å².